The molecule has 0 aromatic heterocycles. The number of nitrogens with one attached hydrogen (secondary N) is 2. The predicted octanol–water partition coefficient (Wildman–Crippen LogP) is 8.64. The predicted molar refractivity (Wildman–Crippen MR) is 191 cm³/mol. The van der Waals surface area contributed by atoms with Crippen LogP contribution in [0.3, 0.4) is 0 Å². The Kier molecular flexibility index (Phi) is 12.1. The third-order valence-electron chi connectivity index (χ3n) is 9.19. The van der Waals surface area contributed by atoms with Crippen LogP contribution in [0.2, 0.25) is 0 Å². The van der Waals surface area contributed by atoms with Crippen LogP contribution >= 0.6 is 0 Å². The van der Waals surface area contributed by atoms with Crippen molar-refractivity contribution in [2.75, 3.05) is 25.6 Å². The van der Waals surface area contributed by atoms with Crippen molar-refractivity contribution in [2.24, 2.45) is 33.0 Å². The number of nitrogens with zero attached hydrogens (tertiary/aromatic N) is 3. The summed E-state index contributed by atoms with van der Waals surface area (Å²) in [5.41, 5.74) is 0.966. The first kappa shape index (κ1) is 38.2. The van der Waals surface area contributed by atoms with Crippen LogP contribution in [0, 0.1) is 17.8 Å². The van der Waals surface area contributed by atoms with Gasteiger partial charge in [-0.1, -0.05) is 30.3 Å². The van der Waals surface area contributed by atoms with Crippen LogP contribution in [0.1, 0.15) is 69.6 Å². The minimum atomic E-state index is -4.59. The molecule has 1 heterocycles. The fourth-order valence-corrected chi connectivity index (χ4v) is 6.46. The lowest BCUT2D eigenvalue weighted by Crippen LogP contribution is -2.37. The number of carbonyl (C=O) groups is 3. The first-order valence-electron chi connectivity index (χ1n) is 17.4. The number of halogens is 3. The third kappa shape index (κ3) is 10.5. The van der Waals surface area contributed by atoms with E-state index in [0.717, 1.165) is 24.5 Å². The second-order valence-corrected chi connectivity index (χ2v) is 14.2. The van der Waals surface area contributed by atoms with Crippen molar-refractivity contribution in [3.63, 3.8) is 0 Å². The van der Waals surface area contributed by atoms with Crippen LogP contribution in [0.5, 0.6) is 5.75 Å². The molecule has 3 aromatic carbocycles. The SMILES string of the molecule is COc1ccc(-c2ccc(C[C@H](CC(=O)C3CCC(CNC(=O)OC(C)(C)C)CC3)C(=O)Nc3ccc(C4=NCN=N4)cc3)cc2)c(C(F)(F)F)c1. The molecule has 13 heteroatoms. The largest absolute Gasteiger partial charge is 0.497 e. The van der Waals surface area contributed by atoms with Crippen molar-refractivity contribution >= 4 is 29.3 Å². The molecule has 0 unspecified atom stereocenters. The Hall–Kier alpha value is -5.07. The molecule has 1 aliphatic carbocycles. The Morgan fingerprint density at radius 1 is 0.904 bits per heavy atom. The monoisotopic (exact) mass is 719 g/mol. The normalized spacial score (nSPS) is 17.9. The summed E-state index contributed by atoms with van der Waals surface area (Å²) in [7, 11) is 1.31. The number of methoxy groups -OCH3 is 1. The van der Waals surface area contributed by atoms with Gasteiger partial charge in [0, 0.05) is 36.1 Å². The zero-order valence-corrected chi connectivity index (χ0v) is 29.8. The van der Waals surface area contributed by atoms with E-state index in [1.54, 1.807) is 69.3 Å². The number of ketones is 1. The summed E-state index contributed by atoms with van der Waals surface area (Å²) in [6.45, 7) is 6.15. The van der Waals surface area contributed by atoms with Gasteiger partial charge >= 0.3 is 12.3 Å². The number of anilines is 1. The highest BCUT2D eigenvalue weighted by molar-refractivity contribution is 6.01. The second-order valence-electron chi connectivity index (χ2n) is 14.2. The van der Waals surface area contributed by atoms with Gasteiger partial charge in [0.2, 0.25) is 5.91 Å². The molecule has 0 saturated heterocycles. The molecule has 5 rings (SSSR count). The zero-order valence-electron chi connectivity index (χ0n) is 29.8. The fraction of sp³-hybridized carbons (Fsp3) is 0.436. The average molecular weight is 720 g/mol. The van der Waals surface area contributed by atoms with Gasteiger partial charge in [-0.25, -0.2) is 9.79 Å². The zero-order chi connectivity index (χ0) is 37.5. The van der Waals surface area contributed by atoms with E-state index in [1.165, 1.54) is 19.2 Å². The number of Topliss-reactive ketones (excluding diaryl/α,β-unsaturated/α-hetero) is 1. The van der Waals surface area contributed by atoms with Gasteiger partial charge < -0.3 is 20.1 Å². The number of amidine groups is 1. The molecule has 0 spiro atoms. The quantitative estimate of drug-likeness (QED) is 0.194. The number of alkyl carbamates (subject to hydrolysis) is 1. The van der Waals surface area contributed by atoms with Gasteiger partial charge in [0.1, 0.15) is 17.1 Å². The maximum Gasteiger partial charge on any atom is 0.417 e. The molecule has 0 bridgehead atoms. The molecule has 1 aliphatic heterocycles. The molecule has 10 nitrogen and oxygen atoms in total. The number of azo groups is 1. The van der Waals surface area contributed by atoms with Gasteiger partial charge in [-0.2, -0.15) is 18.3 Å². The van der Waals surface area contributed by atoms with E-state index in [0.29, 0.717) is 42.0 Å². The van der Waals surface area contributed by atoms with Gasteiger partial charge in [0.25, 0.3) is 0 Å². The molecule has 2 N–H and O–H groups in total. The van der Waals surface area contributed by atoms with Gasteiger partial charge in [-0.3, -0.25) is 9.59 Å². The Balaban J connectivity index is 1.28. The Labute approximate surface area is 301 Å². The number of hydrogen-bond acceptors (Lipinski definition) is 8. The molecule has 0 radical (unpaired) electrons. The first-order chi connectivity index (χ1) is 24.7. The third-order valence-corrected chi connectivity index (χ3v) is 9.19. The summed E-state index contributed by atoms with van der Waals surface area (Å²) in [5, 5.41) is 13.6. The van der Waals surface area contributed by atoms with E-state index in [2.05, 4.69) is 25.9 Å². The van der Waals surface area contributed by atoms with Crippen molar-refractivity contribution < 1.29 is 37.0 Å². The minimum absolute atomic E-state index is 0.00501. The number of hydrogen-bond donors (Lipinski definition) is 2. The van der Waals surface area contributed by atoms with Crippen LogP contribution < -0.4 is 15.4 Å². The summed E-state index contributed by atoms with van der Waals surface area (Å²) in [6, 6.07) is 17.4. The summed E-state index contributed by atoms with van der Waals surface area (Å²) < 4.78 is 52.1. The van der Waals surface area contributed by atoms with Crippen molar-refractivity contribution in [1.29, 1.82) is 0 Å². The van der Waals surface area contributed by atoms with Crippen LogP contribution in [0.4, 0.5) is 23.7 Å². The topological polar surface area (TPSA) is 131 Å². The molecule has 1 atom stereocenters. The molecule has 2 aliphatic rings. The maximum absolute atomic E-state index is 13.9. The van der Waals surface area contributed by atoms with Crippen LogP contribution in [-0.4, -0.2) is 49.5 Å². The van der Waals surface area contributed by atoms with Crippen molar-refractivity contribution in [2.45, 2.75) is 71.1 Å². The van der Waals surface area contributed by atoms with E-state index in [4.69, 9.17) is 9.47 Å². The van der Waals surface area contributed by atoms with Crippen molar-refractivity contribution in [3.05, 3.63) is 83.4 Å². The van der Waals surface area contributed by atoms with E-state index in [-0.39, 0.29) is 54.3 Å². The number of aliphatic imine (C=N–C) groups is 1. The second kappa shape index (κ2) is 16.5. The van der Waals surface area contributed by atoms with E-state index >= 15 is 0 Å². The summed E-state index contributed by atoms with van der Waals surface area (Å²) in [4.78, 5) is 43.8. The highest BCUT2D eigenvalue weighted by atomic mass is 19.4. The number of ether oxygens (including phenoxy) is 2. The fourth-order valence-electron chi connectivity index (χ4n) is 6.46. The lowest BCUT2D eigenvalue weighted by atomic mass is 9.77. The summed E-state index contributed by atoms with van der Waals surface area (Å²) in [6.07, 6.45) is -2.04. The molecule has 276 valence electrons. The Bertz CT molecular complexity index is 1790. The molecule has 52 heavy (non-hydrogen) atoms. The molecule has 1 saturated carbocycles. The molecular formula is C39H44F3N5O5. The average Bonchev–Trinajstić information content (AvgIpc) is 3.65. The lowest BCUT2D eigenvalue weighted by molar-refractivity contribution is -0.137. The smallest absolute Gasteiger partial charge is 0.417 e. The van der Waals surface area contributed by atoms with Gasteiger partial charge in [-0.05, 0) is 112 Å². The lowest BCUT2D eigenvalue weighted by Gasteiger charge is -2.29. The first-order valence-corrected chi connectivity index (χ1v) is 17.4. The number of alkyl halides is 3. The highest BCUT2D eigenvalue weighted by Gasteiger charge is 2.35. The van der Waals surface area contributed by atoms with Crippen molar-refractivity contribution in [1.82, 2.24) is 5.32 Å². The summed E-state index contributed by atoms with van der Waals surface area (Å²) >= 11 is 0. The minimum Gasteiger partial charge on any atom is -0.497 e. The molecule has 3 aromatic rings. The van der Waals surface area contributed by atoms with Gasteiger partial charge in [0.05, 0.1) is 12.7 Å². The molecular weight excluding hydrogens is 675 g/mol. The summed E-state index contributed by atoms with van der Waals surface area (Å²) in [5.74, 6) is -0.466. The van der Waals surface area contributed by atoms with Crippen LogP contribution in [-0.2, 0) is 26.9 Å². The maximum atomic E-state index is 13.9. The standard InChI is InChI=1S/C39H44F3N5O5/c1-38(2,3)52-37(50)43-22-25-7-11-27(12-8-25)34(48)20-29(36(49)46-30-15-13-28(14-16-30)35-44-23-45-47-35)19-24-5-9-26(10-6-24)32-18-17-31(51-4)21-33(32)39(40,41)42/h5-6,9-10,13-18,21,25,27,29H,7-8,11-12,19-20,22-23H2,1-4H3,(H,43,50)(H,46,49)/t25?,27?,29-/m1/s1. The van der Waals surface area contributed by atoms with Crippen molar-refractivity contribution in [3.8, 4) is 16.9 Å². The Morgan fingerprint density at radius 2 is 1.58 bits per heavy atom. The number of benzene rings is 3. The van der Waals surface area contributed by atoms with Crippen LogP contribution in [0.15, 0.2) is 82.0 Å². The Morgan fingerprint density at radius 3 is 2.17 bits per heavy atom. The van der Waals surface area contributed by atoms with E-state index in [1.807, 2.05) is 0 Å². The van der Waals surface area contributed by atoms with Crippen LogP contribution in [0.25, 0.3) is 11.1 Å². The number of rotatable bonds is 12. The number of carbonyl (C=O) groups excluding carboxylic acids is 3. The molecule has 1 fully saturated rings. The van der Waals surface area contributed by atoms with E-state index < -0.39 is 29.4 Å². The van der Waals surface area contributed by atoms with Gasteiger partial charge in [0.15, 0.2) is 12.5 Å². The molecule has 2 amide bonds. The van der Waals surface area contributed by atoms with Gasteiger partial charge in [-0.15, -0.1) is 5.11 Å². The highest BCUT2D eigenvalue weighted by Crippen LogP contribution is 2.39. The van der Waals surface area contributed by atoms with E-state index in [9.17, 15) is 27.6 Å². The number of amides is 2.